The Morgan fingerprint density at radius 3 is 2.93 bits per heavy atom. The summed E-state index contributed by atoms with van der Waals surface area (Å²) in [6.45, 7) is 2.01. The van der Waals surface area contributed by atoms with E-state index < -0.39 is 0 Å². The first-order chi connectivity index (χ1) is 7.20. The zero-order valence-corrected chi connectivity index (χ0v) is 9.04. The van der Waals surface area contributed by atoms with Crippen molar-refractivity contribution in [1.82, 2.24) is 4.98 Å². The fourth-order valence-corrected chi connectivity index (χ4v) is 2.22. The number of benzene rings is 1. The number of aromatic nitrogens is 1. The van der Waals surface area contributed by atoms with Gasteiger partial charge in [0.2, 0.25) is 0 Å². The summed E-state index contributed by atoms with van der Waals surface area (Å²) < 4.78 is 0. The molecule has 0 amide bonds. The standard InChI is InChI=1S/C11H10N2OS/c1-7-3-2-4-8(5-7)10-9(6-14)13-11(12)15-10/h2-6H,1H3,(H2,12,13). The molecule has 0 aliphatic heterocycles. The Hall–Kier alpha value is -1.68. The third kappa shape index (κ3) is 1.89. The molecule has 2 rings (SSSR count). The topological polar surface area (TPSA) is 56.0 Å². The number of carbonyl (C=O) groups excluding carboxylic acids is 1. The number of nitrogen functional groups attached to an aromatic ring is 1. The first-order valence-electron chi connectivity index (χ1n) is 4.49. The van der Waals surface area contributed by atoms with Crippen LogP contribution in [0.1, 0.15) is 16.1 Å². The number of thiazole rings is 1. The molecule has 0 aliphatic rings. The maximum atomic E-state index is 10.8. The van der Waals surface area contributed by atoms with Crippen LogP contribution in [0.5, 0.6) is 0 Å². The van der Waals surface area contributed by atoms with Crippen molar-refractivity contribution in [3.63, 3.8) is 0 Å². The van der Waals surface area contributed by atoms with Crippen LogP contribution in [0.3, 0.4) is 0 Å². The van der Waals surface area contributed by atoms with Gasteiger partial charge in [0.1, 0.15) is 5.69 Å². The normalized spacial score (nSPS) is 10.2. The van der Waals surface area contributed by atoms with Gasteiger partial charge in [-0.2, -0.15) is 0 Å². The molecule has 0 unspecified atom stereocenters. The number of anilines is 1. The van der Waals surface area contributed by atoms with Crippen molar-refractivity contribution in [2.75, 3.05) is 5.73 Å². The van der Waals surface area contributed by atoms with E-state index in [4.69, 9.17) is 5.73 Å². The molecule has 3 nitrogen and oxygen atoms in total. The highest BCUT2D eigenvalue weighted by Gasteiger charge is 2.10. The molecule has 0 radical (unpaired) electrons. The quantitative estimate of drug-likeness (QED) is 0.788. The van der Waals surface area contributed by atoms with Gasteiger partial charge in [-0.1, -0.05) is 41.2 Å². The van der Waals surface area contributed by atoms with Crippen LogP contribution in [-0.4, -0.2) is 11.3 Å². The van der Waals surface area contributed by atoms with E-state index in [-0.39, 0.29) is 0 Å². The Balaban J connectivity index is 2.57. The number of rotatable bonds is 2. The highest BCUT2D eigenvalue weighted by molar-refractivity contribution is 7.19. The van der Waals surface area contributed by atoms with Crippen LogP contribution in [0.15, 0.2) is 24.3 Å². The van der Waals surface area contributed by atoms with Crippen LogP contribution in [-0.2, 0) is 0 Å². The van der Waals surface area contributed by atoms with Gasteiger partial charge >= 0.3 is 0 Å². The Bertz CT molecular complexity index is 505. The third-order valence-electron chi connectivity index (χ3n) is 2.06. The van der Waals surface area contributed by atoms with Gasteiger partial charge in [0.15, 0.2) is 11.4 Å². The van der Waals surface area contributed by atoms with Crippen molar-refractivity contribution in [2.45, 2.75) is 6.92 Å². The van der Waals surface area contributed by atoms with Gasteiger partial charge < -0.3 is 5.73 Å². The molecule has 2 aromatic rings. The summed E-state index contributed by atoms with van der Waals surface area (Å²) in [7, 11) is 0. The first-order valence-corrected chi connectivity index (χ1v) is 5.31. The summed E-state index contributed by atoms with van der Waals surface area (Å²) in [4.78, 5) is 15.6. The maximum absolute atomic E-state index is 10.8. The molecule has 1 aromatic heterocycles. The Labute approximate surface area is 91.6 Å². The molecule has 1 heterocycles. The van der Waals surface area contributed by atoms with Crippen molar-refractivity contribution >= 4 is 22.8 Å². The van der Waals surface area contributed by atoms with E-state index in [1.807, 2.05) is 31.2 Å². The van der Waals surface area contributed by atoms with Crippen molar-refractivity contribution < 1.29 is 4.79 Å². The van der Waals surface area contributed by atoms with Gasteiger partial charge in [0.05, 0.1) is 4.88 Å². The van der Waals surface area contributed by atoms with Gasteiger partial charge in [0.25, 0.3) is 0 Å². The van der Waals surface area contributed by atoms with Gasteiger partial charge in [-0.3, -0.25) is 4.79 Å². The molecule has 76 valence electrons. The van der Waals surface area contributed by atoms with Gasteiger partial charge in [0, 0.05) is 0 Å². The second kappa shape index (κ2) is 3.82. The van der Waals surface area contributed by atoms with E-state index in [2.05, 4.69) is 4.98 Å². The number of carbonyl (C=O) groups is 1. The molecule has 0 saturated heterocycles. The predicted octanol–water partition coefficient (Wildman–Crippen LogP) is 2.51. The molecule has 0 spiro atoms. The van der Waals surface area contributed by atoms with Gasteiger partial charge in [-0.05, 0) is 12.5 Å². The number of hydrogen-bond acceptors (Lipinski definition) is 4. The Kier molecular flexibility index (Phi) is 2.51. The van der Waals surface area contributed by atoms with Crippen LogP contribution in [0.25, 0.3) is 10.4 Å². The highest BCUT2D eigenvalue weighted by atomic mass is 32.1. The van der Waals surface area contributed by atoms with Crippen LogP contribution in [0.4, 0.5) is 5.13 Å². The van der Waals surface area contributed by atoms with Crippen LogP contribution in [0, 0.1) is 6.92 Å². The molecule has 0 atom stereocenters. The van der Waals surface area contributed by atoms with Gasteiger partial charge in [-0.25, -0.2) is 4.98 Å². The van der Waals surface area contributed by atoms with Crippen LogP contribution < -0.4 is 5.73 Å². The zero-order valence-electron chi connectivity index (χ0n) is 8.23. The second-order valence-corrected chi connectivity index (χ2v) is 4.28. The molecule has 15 heavy (non-hydrogen) atoms. The monoisotopic (exact) mass is 218 g/mol. The van der Waals surface area contributed by atoms with Crippen LogP contribution >= 0.6 is 11.3 Å². The minimum atomic E-state index is 0.420. The molecule has 1 aromatic carbocycles. The fourth-order valence-electron chi connectivity index (χ4n) is 1.42. The Morgan fingerprint density at radius 2 is 2.27 bits per heavy atom. The summed E-state index contributed by atoms with van der Waals surface area (Å²) in [5.74, 6) is 0. The molecular weight excluding hydrogens is 208 g/mol. The molecule has 4 heteroatoms. The third-order valence-corrected chi connectivity index (χ3v) is 3.01. The summed E-state index contributed by atoms with van der Waals surface area (Å²) in [6, 6.07) is 7.93. The summed E-state index contributed by atoms with van der Waals surface area (Å²) in [6.07, 6.45) is 0.741. The van der Waals surface area contributed by atoms with Crippen LogP contribution in [0.2, 0.25) is 0 Å². The van der Waals surface area contributed by atoms with Crippen molar-refractivity contribution in [3.8, 4) is 10.4 Å². The Morgan fingerprint density at radius 1 is 1.47 bits per heavy atom. The largest absolute Gasteiger partial charge is 0.375 e. The minimum Gasteiger partial charge on any atom is -0.375 e. The van der Waals surface area contributed by atoms with Crippen molar-refractivity contribution in [1.29, 1.82) is 0 Å². The maximum Gasteiger partial charge on any atom is 0.181 e. The number of aryl methyl sites for hydroxylation is 1. The molecular formula is C11H10N2OS. The van der Waals surface area contributed by atoms with E-state index in [0.29, 0.717) is 10.8 Å². The number of nitrogens with zero attached hydrogens (tertiary/aromatic N) is 1. The van der Waals surface area contributed by atoms with Crippen molar-refractivity contribution in [2.24, 2.45) is 0 Å². The number of aldehydes is 1. The molecule has 0 saturated carbocycles. The molecule has 0 bridgehead atoms. The average Bonchev–Trinajstić information content (AvgIpc) is 2.59. The second-order valence-electron chi connectivity index (χ2n) is 3.25. The van der Waals surface area contributed by atoms with E-state index in [0.717, 1.165) is 22.3 Å². The SMILES string of the molecule is Cc1cccc(-c2sc(N)nc2C=O)c1. The van der Waals surface area contributed by atoms with E-state index >= 15 is 0 Å². The van der Waals surface area contributed by atoms with E-state index in [1.165, 1.54) is 11.3 Å². The smallest absolute Gasteiger partial charge is 0.181 e. The zero-order chi connectivity index (χ0) is 10.8. The number of hydrogen-bond donors (Lipinski definition) is 1. The first kappa shape index (κ1) is 9.86. The lowest BCUT2D eigenvalue weighted by Crippen LogP contribution is -1.86. The summed E-state index contributed by atoms with van der Waals surface area (Å²) in [5, 5.41) is 0.425. The molecule has 0 aliphatic carbocycles. The fraction of sp³-hybridized carbons (Fsp3) is 0.0909. The number of nitrogens with two attached hydrogens (primary N) is 1. The highest BCUT2D eigenvalue weighted by Crippen LogP contribution is 2.31. The lowest BCUT2D eigenvalue weighted by Gasteiger charge is -1.98. The lowest BCUT2D eigenvalue weighted by molar-refractivity contribution is 0.112. The van der Waals surface area contributed by atoms with Gasteiger partial charge in [-0.15, -0.1) is 0 Å². The lowest BCUT2D eigenvalue weighted by atomic mass is 10.1. The molecule has 2 N–H and O–H groups in total. The molecule has 0 fully saturated rings. The summed E-state index contributed by atoms with van der Waals surface area (Å²) >= 11 is 1.34. The van der Waals surface area contributed by atoms with E-state index in [9.17, 15) is 4.79 Å². The summed E-state index contributed by atoms with van der Waals surface area (Å²) in [5.41, 5.74) is 8.14. The van der Waals surface area contributed by atoms with Crippen molar-refractivity contribution in [3.05, 3.63) is 35.5 Å². The predicted molar refractivity (Wildman–Crippen MR) is 62.1 cm³/mol. The van der Waals surface area contributed by atoms with E-state index in [1.54, 1.807) is 0 Å². The minimum absolute atomic E-state index is 0.420. The average molecular weight is 218 g/mol.